The van der Waals surface area contributed by atoms with Crippen molar-refractivity contribution in [1.82, 2.24) is 0 Å². The van der Waals surface area contributed by atoms with Gasteiger partial charge in [0.15, 0.2) is 0 Å². The van der Waals surface area contributed by atoms with Gasteiger partial charge in [-0.05, 0) is 42.9 Å². The van der Waals surface area contributed by atoms with Crippen LogP contribution in [-0.2, 0) is 9.31 Å². The Hall–Kier alpha value is -0.0551. The molecule has 0 spiro atoms. The van der Waals surface area contributed by atoms with Crippen molar-refractivity contribution < 1.29 is 14.3 Å². The number of rotatable bonds is 0. The maximum Gasteiger partial charge on any atom is 0.637 e. The van der Waals surface area contributed by atoms with Crippen LogP contribution in [0.2, 0.25) is 0 Å². The second-order valence-corrected chi connectivity index (χ2v) is 5.86. The van der Waals surface area contributed by atoms with Crippen molar-refractivity contribution in [3.05, 3.63) is 0 Å². The molecule has 1 heterocycles. The van der Waals surface area contributed by atoms with Crippen molar-refractivity contribution in [3.8, 4) is 0 Å². The Kier molecular flexibility index (Phi) is 1.12. The highest BCUT2D eigenvalue weighted by Gasteiger charge is 2.80. The van der Waals surface area contributed by atoms with Crippen molar-refractivity contribution in [2.24, 2.45) is 23.2 Å². The van der Waals surface area contributed by atoms with Crippen LogP contribution in [0.15, 0.2) is 0 Å². The molecule has 4 heteroatoms. The van der Waals surface area contributed by atoms with E-state index in [9.17, 15) is 5.02 Å². The van der Waals surface area contributed by atoms with Crippen molar-refractivity contribution >= 4 is 7.32 Å². The van der Waals surface area contributed by atoms with E-state index in [0.29, 0.717) is 17.3 Å². The molecule has 0 aromatic rings. The zero-order chi connectivity index (χ0) is 9.72. The minimum absolute atomic E-state index is 0.145. The highest BCUT2D eigenvalue weighted by molar-refractivity contribution is 6.35. The molecule has 4 aliphatic rings. The standard InChI is InChI=1S/C10H15BO3/c1-9-5-3-6(9)8-10(2,7(9)4-5)14-11(12)13-8/h5-8,12H,3-4H2,1-2H3/t5?,6?,7?,8?,9?,10-/m0/s1. The summed E-state index contributed by atoms with van der Waals surface area (Å²) in [4.78, 5) is 0. The normalized spacial score (nSPS) is 68.4. The lowest BCUT2D eigenvalue weighted by molar-refractivity contribution is -0.178. The van der Waals surface area contributed by atoms with Crippen LogP contribution in [0.4, 0.5) is 0 Å². The Labute approximate surface area is 83.9 Å². The minimum atomic E-state index is -0.978. The third-order valence-electron chi connectivity index (χ3n) is 5.73. The molecular formula is C10H15BO3. The lowest BCUT2D eigenvalue weighted by Crippen LogP contribution is -2.60. The molecule has 3 aliphatic carbocycles. The highest BCUT2D eigenvalue weighted by atomic mass is 16.7. The Balaban J connectivity index is 1.80. The van der Waals surface area contributed by atoms with Crippen LogP contribution in [0.1, 0.15) is 26.7 Å². The first-order valence-corrected chi connectivity index (χ1v) is 5.58. The van der Waals surface area contributed by atoms with E-state index in [-0.39, 0.29) is 11.7 Å². The van der Waals surface area contributed by atoms with Crippen LogP contribution >= 0.6 is 0 Å². The van der Waals surface area contributed by atoms with E-state index < -0.39 is 7.32 Å². The average Bonchev–Trinajstić information content (AvgIpc) is 2.37. The Morgan fingerprint density at radius 2 is 2.14 bits per heavy atom. The van der Waals surface area contributed by atoms with Crippen LogP contribution in [0.5, 0.6) is 0 Å². The summed E-state index contributed by atoms with van der Waals surface area (Å²) in [5, 5.41) is 9.40. The molecular weight excluding hydrogens is 179 g/mol. The molecule has 4 fully saturated rings. The van der Waals surface area contributed by atoms with Crippen molar-refractivity contribution in [2.75, 3.05) is 0 Å². The number of fused-ring (bicyclic) bond motifs is 3. The zero-order valence-electron chi connectivity index (χ0n) is 8.56. The molecule has 6 atom stereocenters. The molecule has 1 saturated heterocycles. The maximum absolute atomic E-state index is 9.40. The summed E-state index contributed by atoms with van der Waals surface area (Å²) in [7, 11) is -0.978. The van der Waals surface area contributed by atoms with Gasteiger partial charge in [-0.3, -0.25) is 0 Å². The molecule has 0 aromatic carbocycles. The summed E-state index contributed by atoms with van der Waals surface area (Å²) in [6.45, 7) is 4.50. The van der Waals surface area contributed by atoms with Gasteiger partial charge in [-0.1, -0.05) is 6.92 Å². The van der Waals surface area contributed by atoms with Gasteiger partial charge in [0.2, 0.25) is 0 Å². The van der Waals surface area contributed by atoms with Gasteiger partial charge in [-0.2, -0.15) is 0 Å². The first-order chi connectivity index (χ1) is 6.57. The second kappa shape index (κ2) is 1.93. The predicted molar refractivity (Wildman–Crippen MR) is 50.1 cm³/mol. The summed E-state index contributed by atoms with van der Waals surface area (Å²) in [5.41, 5.74) is 0.269. The molecule has 14 heavy (non-hydrogen) atoms. The third-order valence-corrected chi connectivity index (χ3v) is 5.73. The smallest absolute Gasteiger partial charge is 0.402 e. The molecule has 0 radical (unpaired) electrons. The van der Waals surface area contributed by atoms with Gasteiger partial charge in [0.25, 0.3) is 0 Å². The second-order valence-electron chi connectivity index (χ2n) is 5.86. The van der Waals surface area contributed by atoms with Crippen LogP contribution in [-0.4, -0.2) is 24.1 Å². The third kappa shape index (κ3) is 0.551. The van der Waals surface area contributed by atoms with Gasteiger partial charge < -0.3 is 14.3 Å². The summed E-state index contributed by atoms with van der Waals surface area (Å²) in [5.74, 6) is 2.15. The summed E-state index contributed by atoms with van der Waals surface area (Å²) >= 11 is 0. The van der Waals surface area contributed by atoms with Crippen LogP contribution in [0.25, 0.3) is 0 Å². The molecule has 4 rings (SSSR count). The topological polar surface area (TPSA) is 38.7 Å². The van der Waals surface area contributed by atoms with Crippen LogP contribution in [0, 0.1) is 23.2 Å². The summed E-state index contributed by atoms with van der Waals surface area (Å²) in [6.07, 6.45) is 2.70. The van der Waals surface area contributed by atoms with E-state index >= 15 is 0 Å². The van der Waals surface area contributed by atoms with Gasteiger partial charge in [0.05, 0.1) is 11.7 Å². The molecule has 3 nitrogen and oxygen atoms in total. The molecule has 0 aromatic heterocycles. The van der Waals surface area contributed by atoms with E-state index in [1.54, 1.807) is 0 Å². The van der Waals surface area contributed by atoms with Crippen molar-refractivity contribution in [1.29, 1.82) is 0 Å². The Morgan fingerprint density at radius 3 is 2.86 bits per heavy atom. The highest BCUT2D eigenvalue weighted by Crippen LogP contribution is 2.78. The van der Waals surface area contributed by atoms with Crippen LogP contribution in [0.3, 0.4) is 0 Å². The first-order valence-electron chi connectivity index (χ1n) is 5.58. The van der Waals surface area contributed by atoms with Crippen molar-refractivity contribution in [3.63, 3.8) is 0 Å². The van der Waals surface area contributed by atoms with E-state index in [2.05, 4.69) is 13.8 Å². The monoisotopic (exact) mass is 194 g/mol. The predicted octanol–water partition coefficient (Wildman–Crippen LogP) is 0.814. The van der Waals surface area contributed by atoms with Gasteiger partial charge in [-0.15, -0.1) is 0 Å². The molecule has 0 amide bonds. The summed E-state index contributed by atoms with van der Waals surface area (Å²) in [6, 6.07) is 0. The van der Waals surface area contributed by atoms with Gasteiger partial charge in [-0.25, -0.2) is 0 Å². The fraction of sp³-hybridized carbons (Fsp3) is 1.00. The minimum Gasteiger partial charge on any atom is -0.402 e. The summed E-state index contributed by atoms with van der Waals surface area (Å²) < 4.78 is 11.1. The number of hydrogen-bond acceptors (Lipinski definition) is 3. The SMILES string of the molecule is CC12C3CC1C1OB(O)O[C@@]1(C)C2C3. The first kappa shape index (κ1) is 8.14. The van der Waals surface area contributed by atoms with Gasteiger partial charge in [0.1, 0.15) is 0 Å². The fourth-order valence-corrected chi connectivity index (χ4v) is 4.88. The molecule has 76 valence electrons. The zero-order valence-corrected chi connectivity index (χ0v) is 8.56. The fourth-order valence-electron chi connectivity index (χ4n) is 4.88. The molecule has 1 N–H and O–H groups in total. The van der Waals surface area contributed by atoms with E-state index in [0.717, 1.165) is 5.92 Å². The molecule has 0 bridgehead atoms. The average molecular weight is 194 g/mol. The van der Waals surface area contributed by atoms with E-state index in [1.807, 2.05) is 0 Å². The van der Waals surface area contributed by atoms with E-state index in [1.165, 1.54) is 12.8 Å². The van der Waals surface area contributed by atoms with Gasteiger partial charge >= 0.3 is 7.32 Å². The largest absolute Gasteiger partial charge is 0.637 e. The molecule has 1 aliphatic heterocycles. The number of hydrogen-bond donors (Lipinski definition) is 1. The maximum atomic E-state index is 9.40. The van der Waals surface area contributed by atoms with E-state index in [4.69, 9.17) is 9.31 Å². The quantitative estimate of drug-likeness (QED) is 0.580. The van der Waals surface area contributed by atoms with Gasteiger partial charge in [0, 0.05) is 0 Å². The lowest BCUT2D eigenvalue weighted by atomic mass is 9.41. The molecule has 3 saturated carbocycles. The Morgan fingerprint density at radius 1 is 1.36 bits per heavy atom. The Bertz CT molecular complexity index is 322. The van der Waals surface area contributed by atoms with Crippen LogP contribution < -0.4 is 0 Å². The lowest BCUT2D eigenvalue weighted by Gasteiger charge is -2.64. The molecule has 5 unspecified atom stereocenters. The van der Waals surface area contributed by atoms with Crippen molar-refractivity contribution in [2.45, 2.75) is 38.4 Å².